The number of rotatable bonds is 4. The van der Waals surface area contributed by atoms with Gasteiger partial charge in [0.25, 0.3) is 0 Å². The Labute approximate surface area is 149 Å². The van der Waals surface area contributed by atoms with E-state index in [-0.39, 0.29) is 11.5 Å². The Balaban J connectivity index is 2.11. The molecule has 25 heavy (non-hydrogen) atoms. The molecule has 0 aliphatic heterocycles. The van der Waals surface area contributed by atoms with Gasteiger partial charge in [-0.05, 0) is 43.2 Å². The van der Waals surface area contributed by atoms with E-state index in [1.807, 2.05) is 43.5 Å². The van der Waals surface area contributed by atoms with Gasteiger partial charge < -0.3 is 10.2 Å². The SMILES string of the molecule is CCN=c1scc(-c2ccc(O)c(O)c2)n1N=Cc1ccccc1C. The lowest BCUT2D eigenvalue weighted by Gasteiger charge is -2.05. The van der Waals surface area contributed by atoms with Crippen LogP contribution in [0.5, 0.6) is 11.5 Å². The number of nitrogens with zero attached hydrogens (tertiary/aromatic N) is 3. The normalized spacial score (nSPS) is 12.2. The molecule has 0 bridgehead atoms. The number of phenolic OH excluding ortho intramolecular Hbond substituents is 2. The maximum absolute atomic E-state index is 9.79. The highest BCUT2D eigenvalue weighted by Gasteiger charge is 2.10. The van der Waals surface area contributed by atoms with Gasteiger partial charge in [-0.25, -0.2) is 4.68 Å². The van der Waals surface area contributed by atoms with Gasteiger partial charge in [0, 0.05) is 17.5 Å². The first-order valence-electron chi connectivity index (χ1n) is 7.93. The van der Waals surface area contributed by atoms with Crippen molar-refractivity contribution in [2.45, 2.75) is 13.8 Å². The molecule has 5 nitrogen and oxygen atoms in total. The predicted molar refractivity (Wildman–Crippen MR) is 101 cm³/mol. The Bertz CT molecular complexity index is 986. The van der Waals surface area contributed by atoms with Gasteiger partial charge in [-0.3, -0.25) is 4.99 Å². The zero-order valence-corrected chi connectivity index (χ0v) is 14.9. The Kier molecular flexibility index (Phi) is 5.00. The molecule has 3 aromatic rings. The predicted octanol–water partition coefficient (Wildman–Crippen LogP) is 3.74. The van der Waals surface area contributed by atoms with Gasteiger partial charge in [-0.15, -0.1) is 11.3 Å². The van der Waals surface area contributed by atoms with Gasteiger partial charge in [0.2, 0.25) is 4.80 Å². The fraction of sp³-hybridized carbons (Fsp3) is 0.158. The zero-order chi connectivity index (χ0) is 17.8. The average Bonchev–Trinajstić information content (AvgIpc) is 3.00. The summed E-state index contributed by atoms with van der Waals surface area (Å²) < 4.78 is 1.76. The minimum atomic E-state index is -0.160. The Morgan fingerprint density at radius 1 is 1.12 bits per heavy atom. The molecule has 0 saturated heterocycles. The van der Waals surface area contributed by atoms with Gasteiger partial charge in [-0.2, -0.15) is 5.10 Å². The summed E-state index contributed by atoms with van der Waals surface area (Å²) in [6.07, 6.45) is 1.81. The van der Waals surface area contributed by atoms with Gasteiger partial charge in [-0.1, -0.05) is 24.3 Å². The van der Waals surface area contributed by atoms with Crippen LogP contribution in [0.15, 0.2) is 57.9 Å². The van der Waals surface area contributed by atoms with Gasteiger partial charge >= 0.3 is 0 Å². The molecule has 0 unspecified atom stereocenters. The number of benzene rings is 2. The average molecular weight is 353 g/mol. The van der Waals surface area contributed by atoms with Crippen LogP contribution >= 0.6 is 11.3 Å². The summed E-state index contributed by atoms with van der Waals surface area (Å²) in [4.78, 5) is 5.26. The van der Waals surface area contributed by atoms with Crippen molar-refractivity contribution in [2.24, 2.45) is 10.1 Å². The summed E-state index contributed by atoms with van der Waals surface area (Å²) in [5, 5.41) is 25.9. The van der Waals surface area contributed by atoms with Crippen LogP contribution in [0.25, 0.3) is 11.3 Å². The van der Waals surface area contributed by atoms with E-state index in [4.69, 9.17) is 0 Å². The van der Waals surface area contributed by atoms with Crippen LogP contribution in [0.3, 0.4) is 0 Å². The number of aromatic hydroxyl groups is 2. The van der Waals surface area contributed by atoms with E-state index in [0.717, 1.165) is 27.2 Å². The summed E-state index contributed by atoms with van der Waals surface area (Å²) in [6, 6.07) is 12.7. The highest BCUT2D eigenvalue weighted by molar-refractivity contribution is 7.07. The van der Waals surface area contributed by atoms with Gasteiger partial charge in [0.1, 0.15) is 0 Å². The first-order valence-corrected chi connectivity index (χ1v) is 8.81. The van der Waals surface area contributed by atoms with E-state index in [1.165, 1.54) is 23.5 Å². The molecule has 3 rings (SSSR count). The fourth-order valence-corrected chi connectivity index (χ4v) is 3.29. The lowest BCUT2D eigenvalue weighted by atomic mass is 10.1. The molecule has 0 saturated carbocycles. The summed E-state index contributed by atoms with van der Waals surface area (Å²) in [5.41, 5.74) is 3.73. The van der Waals surface area contributed by atoms with Crippen LogP contribution in [-0.4, -0.2) is 27.6 Å². The number of hydrogen-bond donors (Lipinski definition) is 2. The van der Waals surface area contributed by atoms with Crippen LogP contribution in [-0.2, 0) is 0 Å². The molecule has 2 aromatic carbocycles. The molecule has 0 spiro atoms. The van der Waals surface area contributed by atoms with Crippen molar-refractivity contribution in [3.05, 3.63) is 63.8 Å². The van der Waals surface area contributed by atoms with Crippen molar-refractivity contribution >= 4 is 17.6 Å². The summed E-state index contributed by atoms with van der Waals surface area (Å²) in [6.45, 7) is 4.66. The number of aromatic nitrogens is 1. The third kappa shape index (κ3) is 3.64. The second-order valence-electron chi connectivity index (χ2n) is 5.49. The fourth-order valence-electron chi connectivity index (χ4n) is 2.39. The van der Waals surface area contributed by atoms with E-state index in [2.05, 4.69) is 10.1 Å². The lowest BCUT2D eigenvalue weighted by molar-refractivity contribution is 0.404. The second-order valence-corrected chi connectivity index (χ2v) is 6.33. The van der Waals surface area contributed by atoms with E-state index >= 15 is 0 Å². The molecule has 128 valence electrons. The van der Waals surface area contributed by atoms with Crippen molar-refractivity contribution in [2.75, 3.05) is 6.54 Å². The Morgan fingerprint density at radius 2 is 1.92 bits per heavy atom. The second kappa shape index (κ2) is 7.36. The molecular weight excluding hydrogens is 334 g/mol. The zero-order valence-electron chi connectivity index (χ0n) is 14.0. The molecule has 1 aromatic heterocycles. The highest BCUT2D eigenvalue weighted by Crippen LogP contribution is 2.30. The topological polar surface area (TPSA) is 70.1 Å². The van der Waals surface area contributed by atoms with E-state index in [1.54, 1.807) is 17.0 Å². The quantitative estimate of drug-likeness (QED) is 0.554. The number of phenols is 2. The molecule has 0 atom stereocenters. The molecular formula is C19H19N3O2S. The van der Waals surface area contributed by atoms with Crippen molar-refractivity contribution in [3.63, 3.8) is 0 Å². The number of aryl methyl sites for hydroxylation is 1. The monoisotopic (exact) mass is 353 g/mol. The maximum Gasteiger partial charge on any atom is 0.206 e. The third-order valence-corrected chi connectivity index (χ3v) is 4.60. The molecule has 0 aliphatic rings. The van der Waals surface area contributed by atoms with E-state index in [9.17, 15) is 10.2 Å². The van der Waals surface area contributed by atoms with Crippen molar-refractivity contribution in [3.8, 4) is 22.8 Å². The number of hydrogen-bond acceptors (Lipinski definition) is 5. The summed E-state index contributed by atoms with van der Waals surface area (Å²) >= 11 is 1.48. The third-order valence-electron chi connectivity index (χ3n) is 3.75. The highest BCUT2D eigenvalue weighted by atomic mass is 32.1. The standard InChI is InChI=1S/C19H19N3O2S/c1-3-20-19-22(21-11-15-7-5-4-6-13(15)2)16(12-25-19)14-8-9-17(23)18(24)10-14/h4-12,23-24H,3H2,1-2H3. The molecule has 0 amide bonds. The van der Waals surface area contributed by atoms with E-state index < -0.39 is 0 Å². The van der Waals surface area contributed by atoms with Crippen molar-refractivity contribution in [1.82, 2.24) is 4.68 Å². The van der Waals surface area contributed by atoms with Gasteiger partial charge in [0.15, 0.2) is 11.5 Å². The molecule has 1 heterocycles. The summed E-state index contributed by atoms with van der Waals surface area (Å²) in [5.74, 6) is -0.306. The van der Waals surface area contributed by atoms with Crippen LogP contribution in [0.4, 0.5) is 0 Å². The van der Waals surface area contributed by atoms with Crippen LogP contribution in [0.1, 0.15) is 18.1 Å². The van der Waals surface area contributed by atoms with E-state index in [0.29, 0.717) is 6.54 Å². The molecule has 2 N–H and O–H groups in total. The Hall–Kier alpha value is -2.86. The molecule has 0 aliphatic carbocycles. The van der Waals surface area contributed by atoms with Crippen molar-refractivity contribution in [1.29, 1.82) is 0 Å². The smallest absolute Gasteiger partial charge is 0.206 e. The largest absolute Gasteiger partial charge is 0.504 e. The van der Waals surface area contributed by atoms with Crippen LogP contribution in [0.2, 0.25) is 0 Å². The number of thiazole rings is 1. The van der Waals surface area contributed by atoms with Crippen molar-refractivity contribution < 1.29 is 10.2 Å². The van der Waals surface area contributed by atoms with Gasteiger partial charge in [0.05, 0.1) is 11.9 Å². The first kappa shape index (κ1) is 17.0. The van der Waals surface area contributed by atoms with Crippen LogP contribution in [0, 0.1) is 6.92 Å². The summed E-state index contributed by atoms with van der Waals surface area (Å²) in [7, 11) is 0. The lowest BCUT2D eigenvalue weighted by Crippen LogP contribution is -2.12. The molecule has 0 fully saturated rings. The maximum atomic E-state index is 9.79. The first-order chi connectivity index (χ1) is 12.1. The minimum absolute atomic E-state index is 0.146. The Morgan fingerprint density at radius 3 is 2.64 bits per heavy atom. The van der Waals surface area contributed by atoms with Crippen LogP contribution < -0.4 is 4.80 Å². The minimum Gasteiger partial charge on any atom is -0.504 e. The molecule has 6 heteroatoms. The molecule has 0 radical (unpaired) electrons.